The topological polar surface area (TPSA) is 78.1 Å². The molecule has 1 aromatic heterocycles. The summed E-state index contributed by atoms with van der Waals surface area (Å²) in [6.45, 7) is 3.74. The summed E-state index contributed by atoms with van der Waals surface area (Å²) in [5, 5.41) is 9.43. The zero-order chi connectivity index (χ0) is 15.4. The van der Waals surface area contributed by atoms with Gasteiger partial charge in [-0.1, -0.05) is 18.2 Å². The summed E-state index contributed by atoms with van der Waals surface area (Å²) in [5.41, 5.74) is 2.79. The number of amides is 2. The van der Waals surface area contributed by atoms with Gasteiger partial charge in [0, 0.05) is 31.9 Å². The van der Waals surface area contributed by atoms with Crippen LogP contribution in [0.15, 0.2) is 30.5 Å². The van der Waals surface area contributed by atoms with Crippen molar-refractivity contribution in [1.29, 1.82) is 0 Å². The Morgan fingerprint density at radius 3 is 2.67 bits per heavy atom. The van der Waals surface area contributed by atoms with E-state index in [0.29, 0.717) is 23.5 Å². The van der Waals surface area contributed by atoms with Crippen molar-refractivity contribution in [3.8, 4) is 0 Å². The molecule has 2 amide bonds. The van der Waals surface area contributed by atoms with Crippen molar-refractivity contribution in [1.82, 2.24) is 15.1 Å². The molecule has 2 rings (SSSR count). The largest absolute Gasteiger partial charge is 0.342 e. The number of benzene rings is 1. The second-order valence-corrected chi connectivity index (χ2v) is 4.90. The fraction of sp³-hybridized carbons (Fsp3) is 0.267. The Bertz CT molecular complexity index is 663. The number of carbonyl (C=O) groups is 2. The molecule has 0 aliphatic carbocycles. The number of hydrogen-bond donors (Lipinski definition) is 2. The average molecular weight is 286 g/mol. The molecule has 6 heteroatoms. The number of aryl methyl sites for hydroxylation is 1. The van der Waals surface area contributed by atoms with Crippen LogP contribution in [0.1, 0.15) is 28.5 Å². The standard InChI is InChI=1S/C15H18N4O2/c1-10-13(8-16-18-10)15(21)17-14-7-5-4-6-12(14)9-19(3)11(2)20/h4-8H,9H2,1-3H3,(H,16,18)(H,17,21). The van der Waals surface area contributed by atoms with E-state index < -0.39 is 0 Å². The minimum atomic E-state index is -0.223. The Balaban J connectivity index is 2.19. The van der Waals surface area contributed by atoms with E-state index in [1.165, 1.54) is 13.1 Å². The second kappa shape index (κ2) is 6.21. The molecule has 2 aromatic rings. The van der Waals surface area contributed by atoms with Crippen LogP contribution in [-0.4, -0.2) is 34.0 Å². The first-order valence-corrected chi connectivity index (χ1v) is 6.60. The van der Waals surface area contributed by atoms with Gasteiger partial charge in [0.05, 0.1) is 11.8 Å². The first-order valence-electron chi connectivity index (χ1n) is 6.60. The molecule has 0 unspecified atom stereocenters. The lowest BCUT2D eigenvalue weighted by molar-refractivity contribution is -0.128. The lowest BCUT2D eigenvalue weighted by Gasteiger charge is -2.17. The second-order valence-electron chi connectivity index (χ2n) is 4.90. The molecule has 110 valence electrons. The van der Waals surface area contributed by atoms with Gasteiger partial charge < -0.3 is 10.2 Å². The highest BCUT2D eigenvalue weighted by Gasteiger charge is 2.14. The Morgan fingerprint density at radius 2 is 2.05 bits per heavy atom. The third-order valence-electron chi connectivity index (χ3n) is 3.29. The van der Waals surface area contributed by atoms with Crippen LogP contribution >= 0.6 is 0 Å². The van der Waals surface area contributed by atoms with Gasteiger partial charge in [-0.25, -0.2) is 0 Å². The summed E-state index contributed by atoms with van der Waals surface area (Å²) in [5.74, 6) is -0.249. The molecule has 0 fully saturated rings. The predicted molar refractivity (Wildman–Crippen MR) is 79.9 cm³/mol. The number of H-pyrrole nitrogens is 1. The number of nitrogens with zero attached hydrogens (tertiary/aromatic N) is 2. The Hall–Kier alpha value is -2.63. The van der Waals surface area contributed by atoms with Gasteiger partial charge in [0.1, 0.15) is 0 Å². The van der Waals surface area contributed by atoms with E-state index in [2.05, 4.69) is 15.5 Å². The van der Waals surface area contributed by atoms with Gasteiger partial charge in [-0.05, 0) is 18.6 Å². The maximum Gasteiger partial charge on any atom is 0.259 e. The van der Waals surface area contributed by atoms with E-state index in [9.17, 15) is 9.59 Å². The van der Waals surface area contributed by atoms with Crippen molar-refractivity contribution in [2.45, 2.75) is 20.4 Å². The van der Waals surface area contributed by atoms with Crippen LogP contribution in [0.25, 0.3) is 0 Å². The maximum absolute atomic E-state index is 12.2. The number of aromatic nitrogens is 2. The molecule has 0 radical (unpaired) electrons. The highest BCUT2D eigenvalue weighted by Crippen LogP contribution is 2.18. The van der Waals surface area contributed by atoms with Crippen molar-refractivity contribution in [2.75, 3.05) is 12.4 Å². The number of anilines is 1. The van der Waals surface area contributed by atoms with Gasteiger partial charge in [0.15, 0.2) is 0 Å². The third-order valence-corrected chi connectivity index (χ3v) is 3.29. The fourth-order valence-electron chi connectivity index (χ4n) is 1.92. The van der Waals surface area contributed by atoms with Crippen LogP contribution in [0.3, 0.4) is 0 Å². The molecule has 21 heavy (non-hydrogen) atoms. The number of aromatic amines is 1. The van der Waals surface area contributed by atoms with Gasteiger partial charge in [-0.2, -0.15) is 5.10 Å². The van der Waals surface area contributed by atoms with Gasteiger partial charge in [-0.3, -0.25) is 14.7 Å². The quantitative estimate of drug-likeness (QED) is 0.901. The molecule has 0 aliphatic rings. The van der Waals surface area contributed by atoms with E-state index in [1.54, 1.807) is 18.9 Å². The number of rotatable bonds is 4. The van der Waals surface area contributed by atoms with Crippen LogP contribution in [-0.2, 0) is 11.3 Å². The molecular weight excluding hydrogens is 268 g/mol. The van der Waals surface area contributed by atoms with Gasteiger partial charge in [0.2, 0.25) is 5.91 Å². The van der Waals surface area contributed by atoms with Crippen LogP contribution in [0.5, 0.6) is 0 Å². The first kappa shape index (κ1) is 14.8. The smallest absolute Gasteiger partial charge is 0.259 e. The molecule has 1 heterocycles. The van der Waals surface area contributed by atoms with Crippen molar-refractivity contribution < 1.29 is 9.59 Å². The Labute approximate surface area is 123 Å². The van der Waals surface area contributed by atoms with Gasteiger partial charge >= 0.3 is 0 Å². The molecule has 0 spiro atoms. The minimum absolute atomic E-state index is 0.0261. The molecule has 0 bridgehead atoms. The molecular formula is C15H18N4O2. The van der Waals surface area contributed by atoms with E-state index >= 15 is 0 Å². The first-order chi connectivity index (χ1) is 9.99. The highest BCUT2D eigenvalue weighted by molar-refractivity contribution is 6.05. The molecule has 0 atom stereocenters. The van der Waals surface area contributed by atoms with Crippen LogP contribution in [0.4, 0.5) is 5.69 Å². The Morgan fingerprint density at radius 1 is 1.33 bits per heavy atom. The number of carbonyl (C=O) groups excluding carboxylic acids is 2. The molecule has 0 saturated carbocycles. The van der Waals surface area contributed by atoms with E-state index in [-0.39, 0.29) is 11.8 Å². The fourth-order valence-corrected chi connectivity index (χ4v) is 1.92. The predicted octanol–water partition coefficient (Wildman–Crippen LogP) is 1.95. The summed E-state index contributed by atoms with van der Waals surface area (Å²) in [6, 6.07) is 7.42. The lowest BCUT2D eigenvalue weighted by Crippen LogP contribution is -2.24. The van der Waals surface area contributed by atoms with Crippen LogP contribution in [0.2, 0.25) is 0 Å². The molecule has 0 saturated heterocycles. The van der Waals surface area contributed by atoms with Crippen LogP contribution in [0, 0.1) is 6.92 Å². The zero-order valence-electron chi connectivity index (χ0n) is 12.3. The molecule has 6 nitrogen and oxygen atoms in total. The van der Waals surface area contributed by atoms with E-state index in [1.807, 2.05) is 24.3 Å². The summed E-state index contributed by atoms with van der Waals surface area (Å²) in [7, 11) is 1.72. The summed E-state index contributed by atoms with van der Waals surface area (Å²) in [4.78, 5) is 25.1. The molecule has 0 aliphatic heterocycles. The van der Waals surface area contributed by atoms with Crippen molar-refractivity contribution in [2.24, 2.45) is 0 Å². The summed E-state index contributed by atoms with van der Waals surface area (Å²) >= 11 is 0. The third kappa shape index (κ3) is 3.47. The summed E-state index contributed by atoms with van der Waals surface area (Å²) < 4.78 is 0. The van der Waals surface area contributed by atoms with Gasteiger partial charge in [0.25, 0.3) is 5.91 Å². The van der Waals surface area contributed by atoms with Crippen molar-refractivity contribution in [3.05, 3.63) is 47.3 Å². The van der Waals surface area contributed by atoms with Crippen LogP contribution < -0.4 is 5.32 Å². The number of nitrogens with one attached hydrogen (secondary N) is 2. The molecule has 2 N–H and O–H groups in total. The Kier molecular flexibility index (Phi) is 4.37. The lowest BCUT2D eigenvalue weighted by atomic mass is 10.1. The zero-order valence-corrected chi connectivity index (χ0v) is 12.3. The molecule has 1 aromatic carbocycles. The maximum atomic E-state index is 12.2. The normalized spacial score (nSPS) is 10.2. The highest BCUT2D eigenvalue weighted by atomic mass is 16.2. The monoisotopic (exact) mass is 286 g/mol. The number of hydrogen-bond acceptors (Lipinski definition) is 3. The van der Waals surface area contributed by atoms with E-state index in [0.717, 1.165) is 5.56 Å². The number of para-hydroxylation sites is 1. The van der Waals surface area contributed by atoms with E-state index in [4.69, 9.17) is 0 Å². The summed E-state index contributed by atoms with van der Waals surface area (Å²) in [6.07, 6.45) is 1.50. The van der Waals surface area contributed by atoms with Gasteiger partial charge in [-0.15, -0.1) is 0 Å². The van der Waals surface area contributed by atoms with Crippen molar-refractivity contribution >= 4 is 17.5 Å². The SMILES string of the molecule is CC(=O)N(C)Cc1ccccc1NC(=O)c1cn[nH]c1C. The average Bonchev–Trinajstić information content (AvgIpc) is 2.87. The van der Waals surface area contributed by atoms with Crippen molar-refractivity contribution in [3.63, 3.8) is 0 Å². The minimum Gasteiger partial charge on any atom is -0.342 e.